The van der Waals surface area contributed by atoms with Crippen LogP contribution in [0.3, 0.4) is 0 Å². The Bertz CT molecular complexity index is 804. The Hall–Kier alpha value is -2.77. The minimum absolute atomic E-state index is 0.180. The summed E-state index contributed by atoms with van der Waals surface area (Å²) in [5.74, 6) is 0.0995. The van der Waals surface area contributed by atoms with Gasteiger partial charge in [-0.15, -0.1) is 0 Å². The van der Waals surface area contributed by atoms with Crippen LogP contribution >= 0.6 is 0 Å². The molecule has 3 aromatic rings. The zero-order chi connectivity index (χ0) is 17.3. The molecule has 0 fully saturated rings. The highest BCUT2D eigenvalue weighted by atomic mass is 16.6. The fourth-order valence-corrected chi connectivity index (χ4v) is 2.18. The second-order valence-corrected chi connectivity index (χ2v) is 5.26. The highest BCUT2D eigenvalue weighted by Gasteiger charge is 2.09. The minimum Gasteiger partial charge on any atom is -0.460 e. The van der Waals surface area contributed by atoms with Gasteiger partial charge in [-0.2, -0.15) is 0 Å². The van der Waals surface area contributed by atoms with Crippen LogP contribution in [-0.4, -0.2) is 46.8 Å². The number of hydrogen-bond donors (Lipinski definition) is 0. The molecule has 7 nitrogen and oxygen atoms in total. The van der Waals surface area contributed by atoms with Crippen LogP contribution < -0.4 is 0 Å². The minimum atomic E-state index is -0.438. The standard InChI is InChI=1S/C18H19N3O4/c22-17(16-12-20-18-19-6-7-21(18)13-16)25-11-10-23-8-9-24-14-15-4-2-1-3-5-15/h1-7,12-13H,8-11,14H2. The summed E-state index contributed by atoms with van der Waals surface area (Å²) < 4.78 is 17.7. The number of imidazole rings is 1. The molecule has 2 heterocycles. The maximum Gasteiger partial charge on any atom is 0.341 e. The van der Waals surface area contributed by atoms with Crippen molar-refractivity contribution in [2.75, 3.05) is 26.4 Å². The molecule has 0 radical (unpaired) electrons. The zero-order valence-corrected chi connectivity index (χ0v) is 13.7. The first kappa shape index (κ1) is 17.1. The van der Waals surface area contributed by atoms with E-state index in [9.17, 15) is 4.79 Å². The van der Waals surface area contributed by atoms with E-state index < -0.39 is 5.97 Å². The van der Waals surface area contributed by atoms with Crippen molar-refractivity contribution >= 4 is 11.7 Å². The van der Waals surface area contributed by atoms with E-state index in [2.05, 4.69) is 9.97 Å². The molecule has 0 spiro atoms. The lowest BCUT2D eigenvalue weighted by Crippen LogP contribution is -2.13. The summed E-state index contributed by atoms with van der Waals surface area (Å²) in [5.41, 5.74) is 1.50. The molecule has 3 rings (SSSR count). The molecule has 0 aliphatic carbocycles. The van der Waals surface area contributed by atoms with Gasteiger partial charge in [-0.25, -0.2) is 14.8 Å². The second-order valence-electron chi connectivity index (χ2n) is 5.26. The second kappa shape index (κ2) is 8.91. The third kappa shape index (κ3) is 5.10. The Morgan fingerprint density at radius 1 is 1.00 bits per heavy atom. The topological polar surface area (TPSA) is 75.0 Å². The fourth-order valence-electron chi connectivity index (χ4n) is 2.18. The maximum absolute atomic E-state index is 11.9. The van der Waals surface area contributed by atoms with Crippen molar-refractivity contribution in [1.29, 1.82) is 0 Å². The number of nitrogens with zero attached hydrogens (tertiary/aromatic N) is 3. The average Bonchev–Trinajstić information content (AvgIpc) is 3.12. The molecule has 0 aliphatic rings. The SMILES string of the molecule is O=C(OCCOCCOCc1ccccc1)c1cnc2nccn2c1. The smallest absolute Gasteiger partial charge is 0.341 e. The van der Waals surface area contributed by atoms with E-state index in [-0.39, 0.29) is 6.61 Å². The number of aromatic nitrogens is 3. The number of benzene rings is 1. The summed E-state index contributed by atoms with van der Waals surface area (Å²) >= 11 is 0. The van der Waals surface area contributed by atoms with Gasteiger partial charge in [-0.3, -0.25) is 4.40 Å². The van der Waals surface area contributed by atoms with Gasteiger partial charge in [-0.1, -0.05) is 30.3 Å². The molecule has 0 amide bonds. The van der Waals surface area contributed by atoms with Crippen LogP contribution in [0.2, 0.25) is 0 Å². The first-order chi connectivity index (χ1) is 12.3. The van der Waals surface area contributed by atoms with Gasteiger partial charge in [0, 0.05) is 24.8 Å². The molecule has 0 N–H and O–H groups in total. The van der Waals surface area contributed by atoms with E-state index in [0.29, 0.717) is 37.8 Å². The number of carbonyl (C=O) groups is 1. The first-order valence-corrected chi connectivity index (χ1v) is 7.98. The molecule has 0 saturated heterocycles. The van der Waals surface area contributed by atoms with Gasteiger partial charge in [-0.05, 0) is 5.56 Å². The van der Waals surface area contributed by atoms with Crippen molar-refractivity contribution in [3.63, 3.8) is 0 Å². The van der Waals surface area contributed by atoms with Gasteiger partial charge in [0.1, 0.15) is 6.61 Å². The number of rotatable bonds is 9. The molecule has 1 aromatic carbocycles. The Kier molecular flexibility index (Phi) is 6.08. The van der Waals surface area contributed by atoms with Crippen molar-refractivity contribution in [3.8, 4) is 0 Å². The molecule has 2 aromatic heterocycles. The molecule has 0 saturated carbocycles. The molecule has 0 aliphatic heterocycles. The van der Waals surface area contributed by atoms with E-state index in [1.54, 1.807) is 23.0 Å². The number of hydrogen-bond acceptors (Lipinski definition) is 6. The molecular formula is C18H19N3O4. The van der Waals surface area contributed by atoms with E-state index in [4.69, 9.17) is 14.2 Å². The van der Waals surface area contributed by atoms with Gasteiger partial charge in [0.2, 0.25) is 5.78 Å². The van der Waals surface area contributed by atoms with Crippen LogP contribution in [0.15, 0.2) is 55.1 Å². The summed E-state index contributed by atoms with van der Waals surface area (Å²) in [6.45, 7) is 2.00. The van der Waals surface area contributed by atoms with Crippen LogP contribution in [0, 0.1) is 0 Å². The lowest BCUT2D eigenvalue weighted by Gasteiger charge is -2.07. The number of fused-ring (bicyclic) bond motifs is 1. The average molecular weight is 341 g/mol. The third-order valence-corrected chi connectivity index (χ3v) is 3.43. The Morgan fingerprint density at radius 2 is 1.80 bits per heavy atom. The van der Waals surface area contributed by atoms with Crippen molar-refractivity contribution < 1.29 is 19.0 Å². The van der Waals surface area contributed by atoms with Gasteiger partial charge in [0.05, 0.1) is 32.0 Å². The van der Waals surface area contributed by atoms with Crippen molar-refractivity contribution in [1.82, 2.24) is 14.4 Å². The van der Waals surface area contributed by atoms with E-state index in [1.807, 2.05) is 30.3 Å². The summed E-state index contributed by atoms with van der Waals surface area (Å²) in [6, 6.07) is 9.94. The third-order valence-electron chi connectivity index (χ3n) is 3.43. The number of carbonyl (C=O) groups excluding carboxylic acids is 1. The van der Waals surface area contributed by atoms with Crippen LogP contribution in [-0.2, 0) is 20.8 Å². The lowest BCUT2D eigenvalue weighted by atomic mass is 10.2. The molecule has 0 bridgehead atoms. The highest BCUT2D eigenvalue weighted by Crippen LogP contribution is 2.03. The van der Waals surface area contributed by atoms with Crippen LogP contribution in [0.5, 0.6) is 0 Å². The Balaban J connectivity index is 1.27. The normalized spacial score (nSPS) is 10.9. The molecule has 7 heteroatoms. The monoisotopic (exact) mass is 341 g/mol. The molecular weight excluding hydrogens is 322 g/mol. The predicted molar refractivity (Wildman–Crippen MR) is 90.2 cm³/mol. The summed E-state index contributed by atoms with van der Waals surface area (Å²) in [6.07, 6.45) is 6.42. The summed E-state index contributed by atoms with van der Waals surface area (Å²) in [4.78, 5) is 20.0. The van der Waals surface area contributed by atoms with Gasteiger partial charge < -0.3 is 14.2 Å². The lowest BCUT2D eigenvalue weighted by molar-refractivity contribution is 0.0116. The van der Waals surface area contributed by atoms with Gasteiger partial charge in [0.25, 0.3) is 0 Å². The number of ether oxygens (including phenoxy) is 3. The fraction of sp³-hybridized carbons (Fsp3) is 0.278. The molecule has 25 heavy (non-hydrogen) atoms. The van der Waals surface area contributed by atoms with Gasteiger partial charge in [0.15, 0.2) is 0 Å². The van der Waals surface area contributed by atoms with Crippen LogP contribution in [0.4, 0.5) is 0 Å². The van der Waals surface area contributed by atoms with Gasteiger partial charge >= 0.3 is 5.97 Å². The highest BCUT2D eigenvalue weighted by molar-refractivity contribution is 5.88. The Morgan fingerprint density at radius 3 is 2.68 bits per heavy atom. The van der Waals surface area contributed by atoms with Crippen LogP contribution in [0.25, 0.3) is 5.78 Å². The first-order valence-electron chi connectivity index (χ1n) is 7.98. The Labute approximate surface area is 145 Å². The van der Waals surface area contributed by atoms with Crippen molar-refractivity contribution in [2.24, 2.45) is 0 Å². The number of esters is 1. The van der Waals surface area contributed by atoms with Crippen LogP contribution in [0.1, 0.15) is 15.9 Å². The van der Waals surface area contributed by atoms with E-state index >= 15 is 0 Å². The van der Waals surface area contributed by atoms with E-state index in [1.165, 1.54) is 6.20 Å². The molecule has 0 atom stereocenters. The predicted octanol–water partition coefficient (Wildman–Crippen LogP) is 2.12. The molecule has 130 valence electrons. The molecule has 0 unspecified atom stereocenters. The van der Waals surface area contributed by atoms with Crippen molar-refractivity contribution in [3.05, 3.63) is 66.2 Å². The summed E-state index contributed by atoms with van der Waals surface area (Å²) in [7, 11) is 0. The summed E-state index contributed by atoms with van der Waals surface area (Å²) in [5, 5.41) is 0. The van der Waals surface area contributed by atoms with E-state index in [0.717, 1.165) is 5.56 Å². The van der Waals surface area contributed by atoms with Crippen molar-refractivity contribution in [2.45, 2.75) is 6.61 Å². The maximum atomic E-state index is 11.9. The quantitative estimate of drug-likeness (QED) is 0.438. The largest absolute Gasteiger partial charge is 0.460 e. The zero-order valence-electron chi connectivity index (χ0n) is 13.7.